The second kappa shape index (κ2) is 8.09. The van der Waals surface area contributed by atoms with Crippen LogP contribution < -0.4 is 5.32 Å². The lowest BCUT2D eigenvalue weighted by Crippen LogP contribution is -2.59. The van der Waals surface area contributed by atoms with Crippen LogP contribution in [0.25, 0.3) is 0 Å². The van der Waals surface area contributed by atoms with Gasteiger partial charge in [0.25, 0.3) is 0 Å². The van der Waals surface area contributed by atoms with Crippen molar-refractivity contribution in [3.63, 3.8) is 0 Å². The van der Waals surface area contributed by atoms with E-state index in [9.17, 15) is 9.59 Å². The number of aryl methyl sites for hydroxylation is 2. The Labute approximate surface area is 164 Å². The molecule has 1 saturated carbocycles. The number of amides is 1. The lowest BCUT2D eigenvalue weighted by molar-refractivity contribution is -0.155. The van der Waals surface area contributed by atoms with Gasteiger partial charge in [0.15, 0.2) is 0 Å². The van der Waals surface area contributed by atoms with E-state index in [0.29, 0.717) is 25.7 Å². The fraction of sp³-hybridized carbons (Fsp3) is 0.600. The molecular weight excluding hydrogens is 398 g/mol. The number of ether oxygens (including phenoxy) is 2. The Morgan fingerprint density at radius 2 is 1.65 bits per heavy atom. The molecule has 1 aromatic carbocycles. The van der Waals surface area contributed by atoms with Gasteiger partial charge >= 0.3 is 5.97 Å². The van der Waals surface area contributed by atoms with Crippen LogP contribution in [-0.4, -0.2) is 37.2 Å². The van der Waals surface area contributed by atoms with E-state index in [2.05, 4.69) is 21.2 Å². The minimum Gasteiger partial charge on any atom is -0.467 e. The van der Waals surface area contributed by atoms with Gasteiger partial charge < -0.3 is 14.8 Å². The molecule has 1 N–H and O–H groups in total. The molecule has 0 atom stereocenters. The van der Waals surface area contributed by atoms with E-state index in [1.54, 1.807) is 7.11 Å². The monoisotopic (exact) mass is 425 g/mol. The van der Waals surface area contributed by atoms with Gasteiger partial charge in [0.2, 0.25) is 5.91 Å². The SMILES string of the molecule is COC(=O)C1(NC(=O)Cc2c(C)cc(Br)cc2C)CCC(C)(OC)CC1. The summed E-state index contributed by atoms with van der Waals surface area (Å²) in [4.78, 5) is 25.2. The van der Waals surface area contributed by atoms with Gasteiger partial charge in [-0.3, -0.25) is 4.79 Å². The topological polar surface area (TPSA) is 64.6 Å². The van der Waals surface area contributed by atoms with Gasteiger partial charge in [-0.2, -0.15) is 0 Å². The van der Waals surface area contributed by atoms with Crippen molar-refractivity contribution < 1.29 is 19.1 Å². The van der Waals surface area contributed by atoms with Crippen molar-refractivity contribution >= 4 is 27.8 Å². The Bertz CT molecular complexity index is 670. The minimum absolute atomic E-state index is 0.162. The molecule has 1 fully saturated rings. The van der Waals surface area contributed by atoms with Crippen LogP contribution in [0.2, 0.25) is 0 Å². The standard InChI is InChI=1S/C20H28BrNO4/c1-13-10-15(21)11-14(2)16(13)12-17(23)22-20(18(24)25-4)8-6-19(3,26-5)7-9-20/h10-11H,6-9,12H2,1-5H3,(H,22,23). The third-order valence-electron chi connectivity index (χ3n) is 5.61. The Morgan fingerprint density at radius 3 is 2.12 bits per heavy atom. The van der Waals surface area contributed by atoms with Crippen LogP contribution in [0.5, 0.6) is 0 Å². The molecule has 0 unspecified atom stereocenters. The molecule has 0 radical (unpaired) electrons. The molecule has 1 aliphatic rings. The minimum atomic E-state index is -0.971. The summed E-state index contributed by atoms with van der Waals surface area (Å²) in [6.45, 7) is 6.01. The highest BCUT2D eigenvalue weighted by Crippen LogP contribution is 2.37. The summed E-state index contributed by atoms with van der Waals surface area (Å²) in [5.41, 5.74) is 1.86. The largest absolute Gasteiger partial charge is 0.467 e. The van der Waals surface area contributed by atoms with Crippen LogP contribution >= 0.6 is 15.9 Å². The van der Waals surface area contributed by atoms with E-state index in [1.807, 2.05) is 32.9 Å². The van der Waals surface area contributed by atoms with E-state index in [0.717, 1.165) is 21.2 Å². The van der Waals surface area contributed by atoms with E-state index < -0.39 is 5.54 Å². The Kier molecular flexibility index (Phi) is 6.51. The molecule has 144 valence electrons. The molecule has 2 rings (SSSR count). The molecule has 6 heteroatoms. The van der Waals surface area contributed by atoms with E-state index >= 15 is 0 Å². The number of halogens is 1. The zero-order valence-corrected chi connectivity index (χ0v) is 17.8. The van der Waals surface area contributed by atoms with Gasteiger partial charge in [0.05, 0.1) is 19.1 Å². The van der Waals surface area contributed by atoms with E-state index in [-0.39, 0.29) is 23.9 Å². The third kappa shape index (κ3) is 4.46. The summed E-state index contributed by atoms with van der Waals surface area (Å²) in [6, 6.07) is 3.99. The number of rotatable bonds is 5. The number of benzene rings is 1. The molecule has 1 aliphatic carbocycles. The maximum atomic E-state index is 12.8. The molecule has 1 aromatic rings. The predicted molar refractivity (Wildman–Crippen MR) is 104 cm³/mol. The summed E-state index contributed by atoms with van der Waals surface area (Å²) in [5, 5.41) is 2.98. The molecule has 0 heterocycles. The number of methoxy groups -OCH3 is 2. The second-order valence-corrected chi connectivity index (χ2v) is 8.39. The fourth-order valence-corrected chi connectivity index (χ4v) is 4.36. The summed E-state index contributed by atoms with van der Waals surface area (Å²) in [7, 11) is 3.05. The van der Waals surface area contributed by atoms with Gasteiger partial charge in [-0.05, 0) is 75.3 Å². The van der Waals surface area contributed by atoms with Gasteiger partial charge in [-0.25, -0.2) is 4.79 Å². The highest BCUT2D eigenvalue weighted by atomic mass is 79.9. The van der Waals surface area contributed by atoms with Crippen molar-refractivity contribution in [2.24, 2.45) is 0 Å². The van der Waals surface area contributed by atoms with Crippen molar-refractivity contribution in [1.29, 1.82) is 0 Å². The maximum Gasteiger partial charge on any atom is 0.331 e. The number of nitrogens with one attached hydrogen (secondary N) is 1. The number of carbonyl (C=O) groups excluding carboxylic acids is 2. The second-order valence-electron chi connectivity index (χ2n) is 7.47. The highest BCUT2D eigenvalue weighted by molar-refractivity contribution is 9.10. The molecule has 26 heavy (non-hydrogen) atoms. The van der Waals surface area contributed by atoms with Gasteiger partial charge in [-0.15, -0.1) is 0 Å². The number of carbonyl (C=O) groups is 2. The molecule has 0 saturated heterocycles. The fourth-order valence-electron chi connectivity index (χ4n) is 3.68. The van der Waals surface area contributed by atoms with Crippen molar-refractivity contribution in [2.75, 3.05) is 14.2 Å². The van der Waals surface area contributed by atoms with Crippen molar-refractivity contribution in [3.05, 3.63) is 33.3 Å². The first-order valence-corrected chi connectivity index (χ1v) is 9.64. The molecule has 0 bridgehead atoms. The molecule has 1 amide bonds. The molecule has 0 aromatic heterocycles. The quantitative estimate of drug-likeness (QED) is 0.731. The van der Waals surface area contributed by atoms with Crippen LogP contribution in [0.4, 0.5) is 0 Å². The van der Waals surface area contributed by atoms with E-state index in [4.69, 9.17) is 9.47 Å². The molecule has 5 nitrogen and oxygen atoms in total. The normalized spacial score (nSPS) is 25.6. The first-order valence-electron chi connectivity index (χ1n) is 8.85. The Morgan fingerprint density at radius 1 is 1.12 bits per heavy atom. The summed E-state index contributed by atoms with van der Waals surface area (Å²) in [5.74, 6) is -0.543. The molecular formula is C20H28BrNO4. The van der Waals surface area contributed by atoms with Crippen LogP contribution in [0.15, 0.2) is 16.6 Å². The average Bonchev–Trinajstić information content (AvgIpc) is 2.59. The first-order chi connectivity index (χ1) is 12.1. The number of esters is 1. The van der Waals surface area contributed by atoms with Gasteiger partial charge in [0, 0.05) is 11.6 Å². The molecule has 0 aliphatic heterocycles. The van der Waals surface area contributed by atoms with Gasteiger partial charge in [0.1, 0.15) is 5.54 Å². The van der Waals surface area contributed by atoms with Crippen LogP contribution in [0.1, 0.15) is 49.3 Å². The van der Waals surface area contributed by atoms with Crippen molar-refractivity contribution in [3.8, 4) is 0 Å². The lowest BCUT2D eigenvalue weighted by Gasteiger charge is -2.42. The Balaban J connectivity index is 2.17. The predicted octanol–water partition coefficient (Wildman–Crippen LogP) is 3.62. The number of hydrogen-bond donors (Lipinski definition) is 1. The highest BCUT2D eigenvalue weighted by Gasteiger charge is 2.47. The smallest absolute Gasteiger partial charge is 0.331 e. The summed E-state index contributed by atoms with van der Waals surface area (Å²) in [6.07, 6.45) is 2.64. The zero-order chi connectivity index (χ0) is 19.5. The third-order valence-corrected chi connectivity index (χ3v) is 6.06. The molecule has 0 spiro atoms. The Hall–Kier alpha value is -1.40. The first kappa shape index (κ1) is 20.9. The van der Waals surface area contributed by atoms with Crippen LogP contribution in [-0.2, 0) is 25.5 Å². The maximum absolute atomic E-state index is 12.8. The average molecular weight is 426 g/mol. The van der Waals surface area contributed by atoms with Crippen LogP contribution in [0.3, 0.4) is 0 Å². The summed E-state index contributed by atoms with van der Waals surface area (Å²) < 4.78 is 11.6. The van der Waals surface area contributed by atoms with Crippen LogP contribution in [0, 0.1) is 13.8 Å². The van der Waals surface area contributed by atoms with E-state index in [1.165, 1.54) is 7.11 Å². The van der Waals surface area contributed by atoms with Gasteiger partial charge in [-0.1, -0.05) is 15.9 Å². The number of hydrogen-bond acceptors (Lipinski definition) is 4. The van der Waals surface area contributed by atoms with Crippen molar-refractivity contribution in [2.45, 2.75) is 64.0 Å². The van der Waals surface area contributed by atoms with Crippen molar-refractivity contribution in [1.82, 2.24) is 5.32 Å². The summed E-state index contributed by atoms with van der Waals surface area (Å²) >= 11 is 3.47. The lowest BCUT2D eigenvalue weighted by atomic mass is 9.74. The zero-order valence-electron chi connectivity index (χ0n) is 16.2.